The van der Waals surface area contributed by atoms with E-state index in [1.54, 1.807) is 6.92 Å². The summed E-state index contributed by atoms with van der Waals surface area (Å²) < 4.78 is 0. The van der Waals surface area contributed by atoms with Crippen molar-refractivity contribution in [2.75, 3.05) is 26.7 Å². The summed E-state index contributed by atoms with van der Waals surface area (Å²) in [5.74, 6) is 1.68. The van der Waals surface area contributed by atoms with Gasteiger partial charge in [0.25, 0.3) is 0 Å². The molecule has 4 heterocycles. The van der Waals surface area contributed by atoms with Crippen molar-refractivity contribution < 1.29 is 4.79 Å². The summed E-state index contributed by atoms with van der Waals surface area (Å²) >= 11 is 0. The Morgan fingerprint density at radius 1 is 1.31 bits per heavy atom. The Labute approximate surface area is 158 Å². The second-order valence-corrected chi connectivity index (χ2v) is 8.96. The predicted octanol–water partition coefficient (Wildman–Crippen LogP) is 3.26. The van der Waals surface area contributed by atoms with E-state index in [0.29, 0.717) is 18.0 Å². The van der Waals surface area contributed by atoms with Crippen molar-refractivity contribution in [3.63, 3.8) is 0 Å². The van der Waals surface area contributed by atoms with Gasteiger partial charge in [-0.2, -0.15) is 0 Å². The molecular formula is C22H35N3O. The number of hydrogen-bond acceptors (Lipinski definition) is 3. The third-order valence-corrected chi connectivity index (χ3v) is 7.44. The Kier molecular flexibility index (Phi) is 5.24. The summed E-state index contributed by atoms with van der Waals surface area (Å²) in [6.45, 7) is 9.11. The molecule has 1 unspecified atom stereocenters. The molecule has 144 valence electrons. The second kappa shape index (κ2) is 7.47. The van der Waals surface area contributed by atoms with E-state index in [1.165, 1.54) is 44.3 Å². The van der Waals surface area contributed by atoms with Crippen LogP contribution >= 0.6 is 0 Å². The lowest BCUT2D eigenvalue weighted by molar-refractivity contribution is -0.126. The van der Waals surface area contributed by atoms with Crippen LogP contribution in [0.15, 0.2) is 24.4 Å². The third-order valence-electron chi connectivity index (χ3n) is 7.44. The van der Waals surface area contributed by atoms with E-state index in [-0.39, 0.29) is 5.91 Å². The third kappa shape index (κ3) is 3.16. The first-order valence-corrected chi connectivity index (χ1v) is 10.6. The van der Waals surface area contributed by atoms with Gasteiger partial charge in [0, 0.05) is 44.3 Å². The maximum absolute atomic E-state index is 12.0. The number of carbonyl (C=O) groups is 1. The van der Waals surface area contributed by atoms with Crippen LogP contribution in [0.3, 0.4) is 0 Å². The number of fused-ring (bicyclic) bond motifs is 4. The van der Waals surface area contributed by atoms with Gasteiger partial charge < -0.3 is 9.80 Å². The van der Waals surface area contributed by atoms with E-state index in [2.05, 4.69) is 35.7 Å². The highest BCUT2D eigenvalue weighted by molar-refractivity contribution is 5.74. The van der Waals surface area contributed by atoms with Gasteiger partial charge in [-0.3, -0.25) is 9.69 Å². The average Bonchev–Trinajstić information content (AvgIpc) is 2.65. The standard InChI is InChI=1S/C22H35N3O/c1-4-8-21-19-13-18(14-23(21)3)20-10-5-6-12-25(20)22(19)17-9-7-11-24(15-17)16(2)26/h4,15,18-22H,1,5-14H2,2-3H3/t18-,19+,20?,21-,22+/m0/s1. The van der Waals surface area contributed by atoms with Gasteiger partial charge in [0.15, 0.2) is 0 Å². The summed E-state index contributed by atoms with van der Waals surface area (Å²) in [5, 5.41) is 0. The van der Waals surface area contributed by atoms with Crippen LogP contribution in [0.2, 0.25) is 0 Å². The van der Waals surface area contributed by atoms with Crippen LogP contribution in [-0.2, 0) is 4.79 Å². The van der Waals surface area contributed by atoms with Crippen molar-refractivity contribution in [1.82, 2.24) is 14.7 Å². The zero-order valence-electron chi connectivity index (χ0n) is 16.6. The largest absolute Gasteiger partial charge is 0.319 e. The SMILES string of the molecule is C=CC[C@H]1[C@H]2C[C@@H](CN1C)C1CCCCN1[C@@H]2C1=CN(C(C)=O)CCC1. The highest BCUT2D eigenvalue weighted by Crippen LogP contribution is 2.47. The number of carbonyl (C=O) groups excluding carboxylic acids is 1. The molecule has 0 saturated carbocycles. The molecule has 26 heavy (non-hydrogen) atoms. The van der Waals surface area contributed by atoms with Gasteiger partial charge in [-0.1, -0.05) is 12.5 Å². The van der Waals surface area contributed by atoms with E-state index >= 15 is 0 Å². The van der Waals surface area contributed by atoms with Crippen LogP contribution < -0.4 is 0 Å². The Morgan fingerprint density at radius 3 is 2.92 bits per heavy atom. The molecule has 5 atom stereocenters. The number of amides is 1. The summed E-state index contributed by atoms with van der Waals surface area (Å²) in [6, 6.07) is 1.85. The minimum atomic E-state index is 0.189. The molecule has 3 saturated heterocycles. The fourth-order valence-corrected chi connectivity index (χ4v) is 6.38. The normalized spacial score (nSPS) is 38.5. The molecule has 4 aliphatic heterocycles. The monoisotopic (exact) mass is 357 g/mol. The molecule has 4 heteroatoms. The second-order valence-electron chi connectivity index (χ2n) is 8.96. The molecule has 3 fully saturated rings. The molecule has 1 amide bonds. The summed E-state index contributed by atoms with van der Waals surface area (Å²) in [6.07, 6.45) is 13.1. The minimum Gasteiger partial charge on any atom is -0.319 e. The first kappa shape index (κ1) is 18.2. The number of hydrogen-bond donors (Lipinski definition) is 0. The Bertz CT molecular complexity index is 586. The topological polar surface area (TPSA) is 26.8 Å². The number of likely N-dealkylation sites (tertiary alicyclic amines) is 1. The molecule has 0 radical (unpaired) electrons. The van der Waals surface area contributed by atoms with Gasteiger partial charge in [-0.15, -0.1) is 6.58 Å². The maximum Gasteiger partial charge on any atom is 0.223 e. The molecule has 0 aliphatic carbocycles. The van der Waals surface area contributed by atoms with Gasteiger partial charge in [0.2, 0.25) is 5.91 Å². The summed E-state index contributed by atoms with van der Waals surface area (Å²) in [5.41, 5.74) is 1.52. The van der Waals surface area contributed by atoms with Gasteiger partial charge in [0.05, 0.1) is 0 Å². The van der Waals surface area contributed by atoms with Crippen molar-refractivity contribution in [3.8, 4) is 0 Å². The van der Waals surface area contributed by atoms with E-state index in [4.69, 9.17) is 0 Å². The molecule has 4 nitrogen and oxygen atoms in total. The van der Waals surface area contributed by atoms with Crippen LogP contribution in [0.5, 0.6) is 0 Å². The highest BCUT2D eigenvalue weighted by Gasteiger charge is 2.51. The zero-order valence-corrected chi connectivity index (χ0v) is 16.6. The lowest BCUT2D eigenvalue weighted by Crippen LogP contribution is -2.66. The smallest absolute Gasteiger partial charge is 0.223 e. The van der Waals surface area contributed by atoms with Crippen LogP contribution in [0.1, 0.15) is 51.9 Å². The van der Waals surface area contributed by atoms with Crippen LogP contribution in [0.25, 0.3) is 0 Å². The van der Waals surface area contributed by atoms with E-state index in [0.717, 1.165) is 37.8 Å². The number of piperidine rings is 3. The molecule has 0 aromatic rings. The average molecular weight is 358 g/mol. The lowest BCUT2D eigenvalue weighted by Gasteiger charge is -2.60. The lowest BCUT2D eigenvalue weighted by atomic mass is 9.66. The summed E-state index contributed by atoms with van der Waals surface area (Å²) in [7, 11) is 2.32. The van der Waals surface area contributed by atoms with Crippen molar-refractivity contribution >= 4 is 5.91 Å². The predicted molar refractivity (Wildman–Crippen MR) is 106 cm³/mol. The molecule has 0 N–H and O–H groups in total. The van der Waals surface area contributed by atoms with Crippen molar-refractivity contribution in [3.05, 3.63) is 24.4 Å². The van der Waals surface area contributed by atoms with E-state index in [9.17, 15) is 4.79 Å². The van der Waals surface area contributed by atoms with E-state index in [1.807, 2.05) is 4.90 Å². The molecule has 2 bridgehead atoms. The fourth-order valence-electron chi connectivity index (χ4n) is 6.38. The van der Waals surface area contributed by atoms with Crippen LogP contribution in [0, 0.1) is 11.8 Å². The Balaban J connectivity index is 1.70. The van der Waals surface area contributed by atoms with Crippen molar-refractivity contribution in [1.29, 1.82) is 0 Å². The highest BCUT2D eigenvalue weighted by atomic mass is 16.2. The van der Waals surface area contributed by atoms with Gasteiger partial charge >= 0.3 is 0 Å². The Hall–Kier alpha value is -1.13. The van der Waals surface area contributed by atoms with E-state index < -0.39 is 0 Å². The Morgan fingerprint density at radius 2 is 2.15 bits per heavy atom. The van der Waals surface area contributed by atoms with Gasteiger partial charge in [-0.25, -0.2) is 0 Å². The minimum absolute atomic E-state index is 0.189. The molecule has 0 spiro atoms. The molecule has 0 aromatic heterocycles. The maximum atomic E-state index is 12.0. The van der Waals surface area contributed by atoms with Gasteiger partial charge in [-0.05, 0) is 69.5 Å². The quantitative estimate of drug-likeness (QED) is 0.726. The first-order valence-electron chi connectivity index (χ1n) is 10.6. The molecular weight excluding hydrogens is 322 g/mol. The first-order chi connectivity index (χ1) is 12.6. The summed E-state index contributed by atoms with van der Waals surface area (Å²) in [4.78, 5) is 19.4. The van der Waals surface area contributed by atoms with Crippen LogP contribution in [-0.4, -0.2) is 65.4 Å². The number of nitrogens with zero attached hydrogens (tertiary/aromatic N) is 3. The van der Waals surface area contributed by atoms with Crippen LogP contribution in [0.4, 0.5) is 0 Å². The van der Waals surface area contributed by atoms with Crippen molar-refractivity contribution in [2.45, 2.75) is 70.0 Å². The van der Waals surface area contributed by atoms with Crippen molar-refractivity contribution in [2.24, 2.45) is 11.8 Å². The van der Waals surface area contributed by atoms with Gasteiger partial charge in [0.1, 0.15) is 0 Å². The number of rotatable bonds is 3. The zero-order chi connectivity index (χ0) is 18.3. The molecule has 4 aliphatic rings. The molecule has 4 rings (SSSR count). The fraction of sp³-hybridized carbons (Fsp3) is 0.773. The molecule has 0 aromatic carbocycles.